The first-order valence-corrected chi connectivity index (χ1v) is 9.25. The van der Waals surface area contributed by atoms with Gasteiger partial charge in [-0.15, -0.1) is 0 Å². The highest BCUT2D eigenvalue weighted by Crippen LogP contribution is 2.20. The van der Waals surface area contributed by atoms with Crippen LogP contribution in [-0.2, 0) is 11.3 Å². The first-order valence-electron chi connectivity index (χ1n) is 9.25. The molecule has 3 rings (SSSR count). The van der Waals surface area contributed by atoms with Gasteiger partial charge in [-0.1, -0.05) is 42.0 Å². The third-order valence-electron chi connectivity index (χ3n) is 4.14. The van der Waals surface area contributed by atoms with Crippen molar-refractivity contribution in [3.63, 3.8) is 0 Å². The molecule has 0 spiro atoms. The van der Waals surface area contributed by atoms with Crippen LogP contribution in [0.4, 0.5) is 11.5 Å². The second-order valence-corrected chi connectivity index (χ2v) is 6.35. The zero-order valence-corrected chi connectivity index (χ0v) is 16.3. The molecule has 0 saturated heterocycles. The van der Waals surface area contributed by atoms with E-state index in [1.807, 2.05) is 31.2 Å². The summed E-state index contributed by atoms with van der Waals surface area (Å²) in [5, 5.41) is 5.85. The van der Waals surface area contributed by atoms with Gasteiger partial charge in [-0.25, -0.2) is 14.8 Å². The van der Waals surface area contributed by atoms with E-state index in [1.54, 1.807) is 31.2 Å². The summed E-state index contributed by atoms with van der Waals surface area (Å²) >= 11 is 0. The number of rotatable bonds is 7. The average molecular weight is 390 g/mol. The maximum atomic E-state index is 12.3. The van der Waals surface area contributed by atoms with Gasteiger partial charge >= 0.3 is 5.97 Å². The summed E-state index contributed by atoms with van der Waals surface area (Å²) in [5.41, 5.74) is 3.33. The van der Waals surface area contributed by atoms with Gasteiger partial charge in [0.1, 0.15) is 11.5 Å². The van der Waals surface area contributed by atoms with Gasteiger partial charge in [-0.05, 0) is 31.5 Å². The fraction of sp³-hybridized carbons (Fsp3) is 0.182. The Morgan fingerprint density at radius 2 is 1.76 bits per heavy atom. The van der Waals surface area contributed by atoms with Crippen LogP contribution >= 0.6 is 0 Å². The Morgan fingerprint density at radius 3 is 2.45 bits per heavy atom. The van der Waals surface area contributed by atoms with Gasteiger partial charge in [0.15, 0.2) is 0 Å². The topological polar surface area (TPSA) is 93.2 Å². The summed E-state index contributed by atoms with van der Waals surface area (Å²) < 4.78 is 5.06. The van der Waals surface area contributed by atoms with Crippen molar-refractivity contribution in [2.24, 2.45) is 0 Å². The number of nitrogens with one attached hydrogen (secondary N) is 2. The number of nitrogens with zero attached hydrogens (tertiary/aromatic N) is 2. The van der Waals surface area contributed by atoms with Gasteiger partial charge in [0.2, 0.25) is 0 Å². The number of amides is 1. The van der Waals surface area contributed by atoms with Crippen molar-refractivity contribution >= 4 is 23.4 Å². The maximum absolute atomic E-state index is 12.3. The molecule has 0 atom stereocenters. The van der Waals surface area contributed by atoms with E-state index >= 15 is 0 Å². The molecule has 1 heterocycles. The molecule has 0 aliphatic heterocycles. The summed E-state index contributed by atoms with van der Waals surface area (Å²) in [7, 11) is 0. The van der Waals surface area contributed by atoms with Gasteiger partial charge in [-0.2, -0.15) is 0 Å². The summed E-state index contributed by atoms with van der Waals surface area (Å²) in [6.45, 7) is 4.47. The Balaban J connectivity index is 1.64. The Hall–Kier alpha value is -3.74. The molecule has 7 nitrogen and oxygen atoms in total. The number of esters is 1. The molecule has 0 bridgehead atoms. The van der Waals surface area contributed by atoms with Gasteiger partial charge in [0.05, 0.1) is 30.3 Å². The number of hydrogen-bond donors (Lipinski definition) is 2. The lowest BCUT2D eigenvalue weighted by Gasteiger charge is -2.11. The van der Waals surface area contributed by atoms with E-state index in [2.05, 4.69) is 20.6 Å². The monoisotopic (exact) mass is 390 g/mol. The summed E-state index contributed by atoms with van der Waals surface area (Å²) in [4.78, 5) is 32.7. The number of ether oxygens (including phenoxy) is 1. The molecule has 0 aliphatic rings. The van der Waals surface area contributed by atoms with Gasteiger partial charge in [0.25, 0.3) is 5.91 Å². The number of aromatic nitrogens is 2. The van der Waals surface area contributed by atoms with E-state index in [4.69, 9.17) is 4.74 Å². The van der Waals surface area contributed by atoms with Gasteiger partial charge in [0, 0.05) is 6.54 Å². The van der Waals surface area contributed by atoms with Crippen molar-refractivity contribution < 1.29 is 14.3 Å². The normalized spacial score (nSPS) is 10.3. The standard InChI is InChI=1S/C22H22N4O3/c1-3-29-22(28)17-6-4-5-7-18(17)26-20-14-23-19(13-24-20)21(27)25-12-16-10-8-15(2)9-11-16/h4-11,13-14H,3,12H2,1-2H3,(H,24,26)(H,25,27). The fourth-order valence-electron chi connectivity index (χ4n) is 2.61. The number of anilines is 2. The number of carbonyl (C=O) groups excluding carboxylic acids is 2. The minimum absolute atomic E-state index is 0.210. The average Bonchev–Trinajstić information content (AvgIpc) is 2.74. The zero-order valence-electron chi connectivity index (χ0n) is 16.3. The summed E-state index contributed by atoms with van der Waals surface area (Å²) in [6.07, 6.45) is 2.84. The molecule has 0 aliphatic carbocycles. The summed E-state index contributed by atoms with van der Waals surface area (Å²) in [5.74, 6) is -0.316. The molecule has 0 radical (unpaired) electrons. The molecule has 1 amide bonds. The predicted octanol–water partition coefficient (Wildman–Crippen LogP) is 3.64. The third-order valence-corrected chi connectivity index (χ3v) is 4.14. The molecule has 7 heteroatoms. The van der Waals surface area contributed by atoms with Crippen LogP contribution in [0.2, 0.25) is 0 Å². The summed E-state index contributed by atoms with van der Waals surface area (Å²) in [6, 6.07) is 14.9. The van der Waals surface area contributed by atoms with Gasteiger partial charge < -0.3 is 15.4 Å². The minimum atomic E-state index is -0.421. The van der Waals surface area contributed by atoms with Crippen LogP contribution in [0.5, 0.6) is 0 Å². The third kappa shape index (κ3) is 5.38. The molecule has 1 aromatic heterocycles. The van der Waals surface area contributed by atoms with Crippen molar-refractivity contribution in [3.05, 3.63) is 83.3 Å². The largest absolute Gasteiger partial charge is 0.462 e. The lowest BCUT2D eigenvalue weighted by molar-refractivity contribution is 0.0527. The molecule has 29 heavy (non-hydrogen) atoms. The van der Waals surface area contributed by atoms with Crippen LogP contribution in [0.3, 0.4) is 0 Å². The number of aryl methyl sites for hydroxylation is 1. The van der Waals surface area contributed by atoms with Crippen LogP contribution in [-0.4, -0.2) is 28.5 Å². The van der Waals surface area contributed by atoms with Crippen molar-refractivity contribution in [1.82, 2.24) is 15.3 Å². The second-order valence-electron chi connectivity index (χ2n) is 6.35. The smallest absolute Gasteiger partial charge is 0.340 e. The van der Waals surface area contributed by atoms with E-state index in [0.29, 0.717) is 30.2 Å². The maximum Gasteiger partial charge on any atom is 0.340 e. The molecule has 0 fully saturated rings. The minimum Gasteiger partial charge on any atom is -0.462 e. The highest BCUT2D eigenvalue weighted by molar-refractivity contribution is 5.96. The molecule has 0 saturated carbocycles. The van der Waals surface area contributed by atoms with Crippen LogP contribution in [0.25, 0.3) is 0 Å². The van der Waals surface area contributed by atoms with Crippen molar-refractivity contribution in [2.45, 2.75) is 20.4 Å². The number of benzene rings is 2. The van der Waals surface area contributed by atoms with E-state index < -0.39 is 5.97 Å². The molecule has 2 aromatic carbocycles. The number of hydrogen-bond acceptors (Lipinski definition) is 6. The molecule has 2 N–H and O–H groups in total. The highest BCUT2D eigenvalue weighted by Gasteiger charge is 2.13. The molecule has 3 aromatic rings. The number of para-hydroxylation sites is 1. The molecule has 0 unspecified atom stereocenters. The Bertz CT molecular complexity index is 986. The first kappa shape index (κ1) is 20.0. The molecule has 148 valence electrons. The van der Waals surface area contributed by atoms with Crippen LogP contribution in [0.1, 0.15) is 38.9 Å². The Labute approximate surface area is 169 Å². The van der Waals surface area contributed by atoms with Crippen molar-refractivity contribution in [3.8, 4) is 0 Å². The van der Waals surface area contributed by atoms with E-state index in [9.17, 15) is 9.59 Å². The highest BCUT2D eigenvalue weighted by atomic mass is 16.5. The van der Waals surface area contributed by atoms with E-state index in [-0.39, 0.29) is 11.6 Å². The predicted molar refractivity (Wildman–Crippen MR) is 110 cm³/mol. The molecular weight excluding hydrogens is 368 g/mol. The van der Waals surface area contributed by atoms with Crippen LogP contribution < -0.4 is 10.6 Å². The number of carbonyl (C=O) groups is 2. The second kappa shape index (κ2) is 9.45. The van der Waals surface area contributed by atoms with Crippen LogP contribution in [0, 0.1) is 6.92 Å². The lowest BCUT2D eigenvalue weighted by Crippen LogP contribution is -2.24. The van der Waals surface area contributed by atoms with Crippen molar-refractivity contribution in [2.75, 3.05) is 11.9 Å². The van der Waals surface area contributed by atoms with Crippen LogP contribution in [0.15, 0.2) is 60.9 Å². The quantitative estimate of drug-likeness (QED) is 0.599. The SMILES string of the molecule is CCOC(=O)c1ccccc1Nc1cnc(C(=O)NCc2ccc(C)cc2)cn1. The Kier molecular flexibility index (Phi) is 6.52. The molecular formula is C22H22N4O3. The van der Waals surface area contributed by atoms with Gasteiger partial charge in [-0.3, -0.25) is 4.79 Å². The fourth-order valence-corrected chi connectivity index (χ4v) is 2.61. The van der Waals surface area contributed by atoms with E-state index in [0.717, 1.165) is 5.56 Å². The first-order chi connectivity index (χ1) is 14.1. The van der Waals surface area contributed by atoms with E-state index in [1.165, 1.54) is 18.0 Å². The Morgan fingerprint density at radius 1 is 1.00 bits per heavy atom. The van der Waals surface area contributed by atoms with Crippen molar-refractivity contribution in [1.29, 1.82) is 0 Å². The lowest BCUT2D eigenvalue weighted by atomic mass is 10.1. The zero-order chi connectivity index (χ0) is 20.6.